The van der Waals surface area contributed by atoms with Crippen LogP contribution in [0.4, 0.5) is 4.39 Å². The molecule has 0 spiro atoms. The summed E-state index contributed by atoms with van der Waals surface area (Å²) in [6.45, 7) is 2.76. The number of ether oxygens (including phenoxy) is 1. The molecule has 2 N–H and O–H groups in total. The number of nitrogens with zero attached hydrogens (tertiary/aromatic N) is 1. The van der Waals surface area contributed by atoms with Crippen molar-refractivity contribution < 1.29 is 13.9 Å². The van der Waals surface area contributed by atoms with Gasteiger partial charge in [0.15, 0.2) is 0 Å². The number of rotatable bonds is 7. The summed E-state index contributed by atoms with van der Waals surface area (Å²) < 4.78 is 18.1. The lowest BCUT2D eigenvalue weighted by molar-refractivity contribution is -0.130. The molecule has 1 amide bonds. The van der Waals surface area contributed by atoms with Gasteiger partial charge in [0.25, 0.3) is 0 Å². The number of nitrogens with two attached hydrogens (primary N) is 1. The van der Waals surface area contributed by atoms with E-state index < -0.39 is 0 Å². The van der Waals surface area contributed by atoms with Crippen LogP contribution in [0.15, 0.2) is 24.3 Å². The number of carbonyl (C=O) groups excluding carboxylic acids is 1. The highest BCUT2D eigenvalue weighted by atomic mass is 35.5. The van der Waals surface area contributed by atoms with Gasteiger partial charge in [0.05, 0.1) is 6.54 Å². The Morgan fingerprint density at radius 1 is 1.40 bits per heavy atom. The Labute approximate surface area is 125 Å². The van der Waals surface area contributed by atoms with Crippen molar-refractivity contribution in [2.45, 2.75) is 25.8 Å². The topological polar surface area (TPSA) is 55.6 Å². The third kappa shape index (κ3) is 7.31. The minimum Gasteiger partial charge on any atom is -0.492 e. The van der Waals surface area contributed by atoms with E-state index >= 15 is 0 Å². The molecule has 0 saturated heterocycles. The first-order chi connectivity index (χ1) is 8.99. The molecule has 1 atom stereocenters. The van der Waals surface area contributed by atoms with E-state index in [1.807, 2.05) is 6.92 Å². The van der Waals surface area contributed by atoms with Gasteiger partial charge in [-0.25, -0.2) is 4.39 Å². The van der Waals surface area contributed by atoms with E-state index in [1.165, 1.54) is 12.1 Å². The normalized spacial score (nSPS) is 11.4. The van der Waals surface area contributed by atoms with Crippen LogP contribution in [0.5, 0.6) is 5.75 Å². The van der Waals surface area contributed by atoms with Crippen molar-refractivity contribution >= 4 is 18.3 Å². The van der Waals surface area contributed by atoms with Crippen molar-refractivity contribution in [3.8, 4) is 5.75 Å². The summed E-state index contributed by atoms with van der Waals surface area (Å²) in [7, 11) is 1.73. The predicted molar refractivity (Wildman–Crippen MR) is 79.7 cm³/mol. The SMILES string of the molecule is CC(N)CCC(=O)N(C)CCOc1ccc(F)cc1.Cl. The zero-order chi connectivity index (χ0) is 14.3. The van der Waals surface area contributed by atoms with Gasteiger partial charge < -0.3 is 15.4 Å². The molecule has 0 aliphatic rings. The summed E-state index contributed by atoms with van der Waals surface area (Å²) in [6.07, 6.45) is 1.13. The number of halogens is 2. The number of hydrogen-bond acceptors (Lipinski definition) is 3. The summed E-state index contributed by atoms with van der Waals surface area (Å²) in [4.78, 5) is 13.3. The Hall–Kier alpha value is -1.33. The van der Waals surface area contributed by atoms with Gasteiger partial charge in [-0.3, -0.25) is 4.79 Å². The molecule has 114 valence electrons. The van der Waals surface area contributed by atoms with Gasteiger partial charge >= 0.3 is 0 Å². The maximum atomic E-state index is 12.7. The smallest absolute Gasteiger partial charge is 0.222 e. The Bertz CT molecular complexity index is 399. The van der Waals surface area contributed by atoms with Gasteiger partial charge in [0, 0.05) is 19.5 Å². The van der Waals surface area contributed by atoms with E-state index in [0.717, 1.165) is 0 Å². The Morgan fingerprint density at radius 3 is 2.55 bits per heavy atom. The van der Waals surface area contributed by atoms with Crippen molar-refractivity contribution in [1.29, 1.82) is 0 Å². The van der Waals surface area contributed by atoms with Crippen LogP contribution in [-0.4, -0.2) is 37.0 Å². The van der Waals surface area contributed by atoms with E-state index in [0.29, 0.717) is 31.7 Å². The molecule has 4 nitrogen and oxygen atoms in total. The number of likely N-dealkylation sites (N-methyl/N-ethyl adjacent to an activating group) is 1. The number of benzene rings is 1. The summed E-state index contributed by atoms with van der Waals surface area (Å²) in [5.41, 5.74) is 5.60. The molecule has 0 saturated carbocycles. The van der Waals surface area contributed by atoms with Crippen LogP contribution < -0.4 is 10.5 Å². The van der Waals surface area contributed by atoms with Crippen LogP contribution in [0, 0.1) is 5.82 Å². The van der Waals surface area contributed by atoms with E-state index in [9.17, 15) is 9.18 Å². The minimum atomic E-state index is -0.296. The highest BCUT2D eigenvalue weighted by molar-refractivity contribution is 5.85. The summed E-state index contributed by atoms with van der Waals surface area (Å²) in [5, 5.41) is 0. The lowest BCUT2D eigenvalue weighted by Crippen LogP contribution is -2.31. The summed E-state index contributed by atoms with van der Waals surface area (Å²) in [5.74, 6) is 0.355. The van der Waals surface area contributed by atoms with Crippen molar-refractivity contribution in [1.82, 2.24) is 4.90 Å². The predicted octanol–water partition coefficient (Wildman–Crippen LogP) is 2.21. The molecule has 20 heavy (non-hydrogen) atoms. The van der Waals surface area contributed by atoms with Crippen LogP contribution in [0.1, 0.15) is 19.8 Å². The van der Waals surface area contributed by atoms with Crippen LogP contribution >= 0.6 is 12.4 Å². The fourth-order valence-electron chi connectivity index (χ4n) is 1.50. The van der Waals surface area contributed by atoms with E-state index in [2.05, 4.69) is 0 Å². The van der Waals surface area contributed by atoms with Crippen LogP contribution in [0.3, 0.4) is 0 Å². The van der Waals surface area contributed by atoms with Gasteiger partial charge in [-0.1, -0.05) is 0 Å². The largest absolute Gasteiger partial charge is 0.492 e. The Kier molecular flexibility index (Phi) is 8.92. The first kappa shape index (κ1) is 18.7. The zero-order valence-electron chi connectivity index (χ0n) is 11.8. The molecule has 0 heterocycles. The molecule has 0 aliphatic heterocycles. The Morgan fingerprint density at radius 2 is 2.00 bits per heavy atom. The lowest BCUT2D eigenvalue weighted by atomic mass is 10.2. The molecule has 0 radical (unpaired) electrons. The molecule has 0 aromatic heterocycles. The second-order valence-corrected chi connectivity index (χ2v) is 4.63. The molecular weight excluding hydrogens is 283 g/mol. The molecule has 6 heteroatoms. The first-order valence-corrected chi connectivity index (χ1v) is 6.37. The fraction of sp³-hybridized carbons (Fsp3) is 0.500. The maximum Gasteiger partial charge on any atom is 0.222 e. The van der Waals surface area contributed by atoms with Crippen molar-refractivity contribution in [3.05, 3.63) is 30.1 Å². The third-order valence-electron chi connectivity index (χ3n) is 2.75. The highest BCUT2D eigenvalue weighted by Crippen LogP contribution is 2.10. The second kappa shape index (κ2) is 9.55. The van der Waals surface area contributed by atoms with Crippen LogP contribution in [-0.2, 0) is 4.79 Å². The van der Waals surface area contributed by atoms with Crippen molar-refractivity contribution in [2.24, 2.45) is 5.73 Å². The van der Waals surface area contributed by atoms with Gasteiger partial charge in [0.1, 0.15) is 18.2 Å². The highest BCUT2D eigenvalue weighted by Gasteiger charge is 2.09. The zero-order valence-corrected chi connectivity index (χ0v) is 12.7. The average Bonchev–Trinajstić information content (AvgIpc) is 2.38. The summed E-state index contributed by atoms with van der Waals surface area (Å²) >= 11 is 0. The average molecular weight is 305 g/mol. The molecule has 1 rings (SSSR count). The Balaban J connectivity index is 0.00000361. The third-order valence-corrected chi connectivity index (χ3v) is 2.75. The van der Waals surface area contributed by atoms with E-state index in [4.69, 9.17) is 10.5 Å². The van der Waals surface area contributed by atoms with E-state index in [1.54, 1.807) is 24.1 Å². The van der Waals surface area contributed by atoms with Gasteiger partial charge in [-0.05, 0) is 37.6 Å². The van der Waals surface area contributed by atoms with Crippen LogP contribution in [0.25, 0.3) is 0 Å². The maximum absolute atomic E-state index is 12.7. The van der Waals surface area contributed by atoms with Gasteiger partial charge in [0.2, 0.25) is 5.91 Å². The van der Waals surface area contributed by atoms with E-state index in [-0.39, 0.29) is 30.2 Å². The number of amides is 1. The molecule has 1 aromatic rings. The lowest BCUT2D eigenvalue weighted by Gasteiger charge is -2.18. The van der Waals surface area contributed by atoms with Gasteiger partial charge in [-0.15, -0.1) is 12.4 Å². The molecule has 1 aromatic carbocycles. The fourth-order valence-corrected chi connectivity index (χ4v) is 1.50. The first-order valence-electron chi connectivity index (χ1n) is 6.37. The monoisotopic (exact) mass is 304 g/mol. The molecular formula is C14H22ClFN2O2. The molecule has 0 bridgehead atoms. The quantitative estimate of drug-likeness (QED) is 0.840. The van der Waals surface area contributed by atoms with Gasteiger partial charge in [-0.2, -0.15) is 0 Å². The second-order valence-electron chi connectivity index (χ2n) is 4.63. The number of hydrogen-bond donors (Lipinski definition) is 1. The molecule has 0 fully saturated rings. The van der Waals surface area contributed by atoms with Crippen LogP contribution in [0.2, 0.25) is 0 Å². The standard InChI is InChI=1S/C14H21FN2O2.ClH/c1-11(16)3-8-14(18)17(2)9-10-19-13-6-4-12(15)5-7-13;/h4-7,11H,3,8-10,16H2,1-2H3;1H. The minimum absolute atomic E-state index is 0. The van der Waals surface area contributed by atoms with Crippen molar-refractivity contribution in [2.75, 3.05) is 20.2 Å². The van der Waals surface area contributed by atoms with Crippen molar-refractivity contribution in [3.63, 3.8) is 0 Å². The summed E-state index contributed by atoms with van der Waals surface area (Å²) in [6, 6.07) is 5.84. The molecule has 0 aliphatic carbocycles. The molecule has 1 unspecified atom stereocenters. The number of carbonyl (C=O) groups is 1.